The summed E-state index contributed by atoms with van der Waals surface area (Å²) in [7, 11) is -3.68. The molecule has 6 heteroatoms. The second-order valence-corrected chi connectivity index (χ2v) is 4.94. The van der Waals surface area contributed by atoms with Gasteiger partial charge in [-0.05, 0) is 24.1 Å². The molecule has 0 heterocycles. The lowest BCUT2D eigenvalue weighted by Gasteiger charge is -2.15. The lowest BCUT2D eigenvalue weighted by molar-refractivity contribution is 0.551. The van der Waals surface area contributed by atoms with Crippen molar-refractivity contribution in [1.82, 2.24) is 4.72 Å². The van der Waals surface area contributed by atoms with Gasteiger partial charge in [0.05, 0.1) is 0 Å². The predicted octanol–water partition coefficient (Wildman–Crippen LogP) is 1.58. The number of rotatable bonds is 4. The summed E-state index contributed by atoms with van der Waals surface area (Å²) in [5, 5.41) is 5.53. The number of hydrogen-bond acceptors (Lipinski definition) is 2. The molecule has 0 aliphatic rings. The zero-order valence-electron chi connectivity index (χ0n) is 8.27. The fourth-order valence-electron chi connectivity index (χ4n) is 1.28. The average Bonchev–Trinajstić information content (AvgIpc) is 2.14. The fraction of sp³-hybridized carbons (Fsp3) is 0.333. The Morgan fingerprint density at radius 1 is 1.40 bits per heavy atom. The highest BCUT2D eigenvalue weighted by Gasteiger charge is 2.13. The summed E-state index contributed by atoms with van der Waals surface area (Å²) >= 11 is 5.73. The Morgan fingerprint density at radius 3 is 2.33 bits per heavy atom. The van der Waals surface area contributed by atoms with E-state index < -0.39 is 10.2 Å². The van der Waals surface area contributed by atoms with Gasteiger partial charge < -0.3 is 0 Å². The van der Waals surface area contributed by atoms with Crippen LogP contribution in [0.2, 0.25) is 5.02 Å². The maximum absolute atomic E-state index is 10.9. The first-order chi connectivity index (χ1) is 6.92. The molecule has 15 heavy (non-hydrogen) atoms. The SMILES string of the molecule is CCC(NS(N)(=O)=O)c1ccc(Cl)cc1. The molecular formula is C9H13ClN2O2S. The van der Waals surface area contributed by atoms with E-state index in [1.165, 1.54) is 0 Å². The first-order valence-electron chi connectivity index (χ1n) is 4.48. The normalized spacial score (nSPS) is 13.8. The molecular weight excluding hydrogens is 236 g/mol. The molecule has 0 aromatic heterocycles. The molecule has 0 saturated carbocycles. The van der Waals surface area contributed by atoms with Crippen LogP contribution in [0.15, 0.2) is 24.3 Å². The number of nitrogens with one attached hydrogen (secondary N) is 1. The highest BCUT2D eigenvalue weighted by atomic mass is 35.5. The summed E-state index contributed by atoms with van der Waals surface area (Å²) in [6, 6.07) is 6.66. The Labute approximate surface area is 94.6 Å². The van der Waals surface area contributed by atoms with Crippen LogP contribution in [0.25, 0.3) is 0 Å². The van der Waals surface area contributed by atoms with E-state index in [9.17, 15) is 8.42 Å². The number of hydrogen-bond donors (Lipinski definition) is 2. The Morgan fingerprint density at radius 2 is 1.93 bits per heavy atom. The minimum atomic E-state index is -3.68. The lowest BCUT2D eigenvalue weighted by Crippen LogP contribution is -2.34. The van der Waals surface area contributed by atoms with Crippen LogP contribution in [0.5, 0.6) is 0 Å². The third-order valence-corrected chi connectivity index (χ3v) is 2.85. The molecule has 1 unspecified atom stereocenters. The van der Waals surface area contributed by atoms with Gasteiger partial charge in [0.1, 0.15) is 0 Å². The third-order valence-electron chi connectivity index (χ3n) is 1.99. The van der Waals surface area contributed by atoms with Gasteiger partial charge in [0.2, 0.25) is 0 Å². The summed E-state index contributed by atoms with van der Waals surface area (Å²) in [6.07, 6.45) is 0.623. The Hall–Kier alpha value is -0.620. The van der Waals surface area contributed by atoms with Gasteiger partial charge in [-0.3, -0.25) is 0 Å². The number of nitrogens with two attached hydrogens (primary N) is 1. The minimum absolute atomic E-state index is 0.308. The van der Waals surface area contributed by atoms with Crippen LogP contribution in [-0.2, 0) is 10.2 Å². The number of halogens is 1. The molecule has 0 bridgehead atoms. The van der Waals surface area contributed by atoms with Crippen molar-refractivity contribution in [2.45, 2.75) is 19.4 Å². The Kier molecular flexibility index (Phi) is 4.10. The molecule has 1 aromatic carbocycles. The van der Waals surface area contributed by atoms with Crippen molar-refractivity contribution in [3.05, 3.63) is 34.9 Å². The molecule has 0 spiro atoms. The fourth-order valence-corrected chi connectivity index (χ4v) is 2.11. The van der Waals surface area contributed by atoms with Gasteiger partial charge in [-0.25, -0.2) is 5.14 Å². The van der Waals surface area contributed by atoms with Gasteiger partial charge in [-0.2, -0.15) is 13.1 Å². The summed E-state index contributed by atoms with van der Waals surface area (Å²) in [4.78, 5) is 0. The predicted molar refractivity (Wildman–Crippen MR) is 60.7 cm³/mol. The molecule has 1 aromatic rings. The Balaban J connectivity index is 2.88. The van der Waals surface area contributed by atoms with Gasteiger partial charge in [0.25, 0.3) is 10.2 Å². The van der Waals surface area contributed by atoms with Crippen molar-refractivity contribution in [1.29, 1.82) is 0 Å². The Bertz CT molecular complexity index is 416. The topological polar surface area (TPSA) is 72.2 Å². The largest absolute Gasteiger partial charge is 0.274 e. The van der Waals surface area contributed by atoms with Crippen LogP contribution in [-0.4, -0.2) is 8.42 Å². The van der Waals surface area contributed by atoms with Gasteiger partial charge in [-0.15, -0.1) is 0 Å². The van der Waals surface area contributed by atoms with Crippen molar-refractivity contribution in [2.24, 2.45) is 5.14 Å². The van der Waals surface area contributed by atoms with E-state index in [0.717, 1.165) is 5.56 Å². The van der Waals surface area contributed by atoms with Gasteiger partial charge in [0, 0.05) is 11.1 Å². The standard InChI is InChI=1S/C9H13ClN2O2S/c1-2-9(12-15(11,13)14)7-3-5-8(10)6-4-7/h3-6,9,12H,2H2,1H3,(H2,11,13,14). The average molecular weight is 249 g/mol. The molecule has 0 aliphatic carbocycles. The highest BCUT2D eigenvalue weighted by Crippen LogP contribution is 2.19. The lowest BCUT2D eigenvalue weighted by atomic mass is 10.1. The molecule has 84 valence electrons. The zero-order chi connectivity index (χ0) is 11.5. The quantitative estimate of drug-likeness (QED) is 0.849. The van der Waals surface area contributed by atoms with E-state index in [2.05, 4.69) is 4.72 Å². The summed E-state index contributed by atoms with van der Waals surface area (Å²) < 4.78 is 24.1. The maximum atomic E-state index is 10.9. The highest BCUT2D eigenvalue weighted by molar-refractivity contribution is 7.87. The van der Waals surface area contributed by atoms with Crippen LogP contribution < -0.4 is 9.86 Å². The van der Waals surface area contributed by atoms with Crippen LogP contribution in [0, 0.1) is 0 Å². The molecule has 0 fully saturated rings. The van der Waals surface area contributed by atoms with Crippen molar-refractivity contribution >= 4 is 21.8 Å². The van der Waals surface area contributed by atoms with Crippen LogP contribution in [0.3, 0.4) is 0 Å². The summed E-state index contributed by atoms with van der Waals surface area (Å²) in [5.74, 6) is 0. The van der Waals surface area contributed by atoms with Crippen molar-refractivity contribution in [3.8, 4) is 0 Å². The van der Waals surface area contributed by atoms with E-state index >= 15 is 0 Å². The first kappa shape index (κ1) is 12.4. The van der Waals surface area contributed by atoms with Gasteiger partial charge in [0.15, 0.2) is 0 Å². The summed E-state index contributed by atoms with van der Waals surface area (Å²) in [6.45, 7) is 1.87. The van der Waals surface area contributed by atoms with Crippen LogP contribution >= 0.6 is 11.6 Å². The van der Waals surface area contributed by atoms with E-state index in [1.54, 1.807) is 24.3 Å². The molecule has 0 aliphatic heterocycles. The van der Waals surface area contributed by atoms with Gasteiger partial charge in [-0.1, -0.05) is 30.7 Å². The zero-order valence-corrected chi connectivity index (χ0v) is 9.85. The van der Waals surface area contributed by atoms with E-state index in [0.29, 0.717) is 11.4 Å². The molecule has 0 radical (unpaired) electrons. The molecule has 1 rings (SSSR count). The smallest absolute Gasteiger partial charge is 0.216 e. The molecule has 3 N–H and O–H groups in total. The molecule has 0 saturated heterocycles. The van der Waals surface area contributed by atoms with E-state index in [4.69, 9.17) is 16.7 Å². The van der Waals surface area contributed by atoms with E-state index in [-0.39, 0.29) is 6.04 Å². The van der Waals surface area contributed by atoms with Crippen molar-refractivity contribution in [3.63, 3.8) is 0 Å². The second-order valence-electron chi connectivity index (χ2n) is 3.18. The minimum Gasteiger partial charge on any atom is -0.216 e. The van der Waals surface area contributed by atoms with Crippen molar-refractivity contribution < 1.29 is 8.42 Å². The van der Waals surface area contributed by atoms with Crippen molar-refractivity contribution in [2.75, 3.05) is 0 Å². The maximum Gasteiger partial charge on any atom is 0.274 e. The molecule has 4 nitrogen and oxygen atoms in total. The number of benzene rings is 1. The molecule has 1 atom stereocenters. The first-order valence-corrected chi connectivity index (χ1v) is 6.40. The molecule has 0 amide bonds. The summed E-state index contributed by atoms with van der Waals surface area (Å²) in [5.41, 5.74) is 0.843. The van der Waals surface area contributed by atoms with Gasteiger partial charge >= 0.3 is 0 Å². The third kappa shape index (κ3) is 4.17. The van der Waals surface area contributed by atoms with Crippen LogP contribution in [0.4, 0.5) is 0 Å². The van der Waals surface area contributed by atoms with Crippen LogP contribution in [0.1, 0.15) is 24.9 Å². The van der Waals surface area contributed by atoms with E-state index in [1.807, 2.05) is 6.92 Å². The second kappa shape index (κ2) is 4.94. The monoisotopic (exact) mass is 248 g/mol.